The Labute approximate surface area is 101 Å². The zero-order valence-corrected chi connectivity index (χ0v) is 9.67. The van der Waals surface area contributed by atoms with E-state index in [4.69, 9.17) is 10.5 Å². The second kappa shape index (κ2) is 4.34. The van der Waals surface area contributed by atoms with Gasteiger partial charge in [0.2, 0.25) is 5.88 Å². The third-order valence-corrected chi connectivity index (χ3v) is 3.34. The van der Waals surface area contributed by atoms with Gasteiger partial charge >= 0.3 is 0 Å². The van der Waals surface area contributed by atoms with E-state index in [1.807, 2.05) is 24.3 Å². The first-order chi connectivity index (χ1) is 8.33. The van der Waals surface area contributed by atoms with E-state index in [1.54, 1.807) is 6.20 Å². The van der Waals surface area contributed by atoms with Crippen molar-refractivity contribution in [3.63, 3.8) is 0 Å². The molecule has 3 heteroatoms. The fourth-order valence-electron chi connectivity index (χ4n) is 2.42. The topological polar surface area (TPSA) is 48.1 Å². The molecular formula is C14H16N2O. The van der Waals surface area contributed by atoms with Crippen molar-refractivity contribution in [2.45, 2.75) is 31.4 Å². The van der Waals surface area contributed by atoms with Gasteiger partial charge in [-0.3, -0.25) is 0 Å². The van der Waals surface area contributed by atoms with Gasteiger partial charge in [0.1, 0.15) is 6.10 Å². The van der Waals surface area contributed by atoms with E-state index in [9.17, 15) is 0 Å². The minimum Gasteiger partial charge on any atom is -0.474 e. The van der Waals surface area contributed by atoms with Crippen molar-refractivity contribution in [2.75, 3.05) is 0 Å². The molecule has 3 nitrogen and oxygen atoms in total. The van der Waals surface area contributed by atoms with Gasteiger partial charge in [-0.1, -0.05) is 18.2 Å². The highest BCUT2D eigenvalue weighted by atomic mass is 16.5. The number of benzene rings is 1. The molecule has 17 heavy (non-hydrogen) atoms. The van der Waals surface area contributed by atoms with Crippen LogP contribution in [0.5, 0.6) is 5.88 Å². The van der Waals surface area contributed by atoms with E-state index in [1.165, 1.54) is 5.39 Å². The molecule has 1 aromatic carbocycles. The van der Waals surface area contributed by atoms with Crippen molar-refractivity contribution in [3.05, 3.63) is 36.5 Å². The maximum atomic E-state index is 5.97. The van der Waals surface area contributed by atoms with Crippen LogP contribution in [0.2, 0.25) is 0 Å². The van der Waals surface area contributed by atoms with E-state index in [0.29, 0.717) is 0 Å². The summed E-state index contributed by atoms with van der Waals surface area (Å²) in [7, 11) is 0. The number of nitrogens with zero attached hydrogens (tertiary/aromatic N) is 1. The monoisotopic (exact) mass is 228 g/mol. The van der Waals surface area contributed by atoms with E-state index in [-0.39, 0.29) is 12.1 Å². The summed E-state index contributed by atoms with van der Waals surface area (Å²) in [5.74, 6) is 0.738. The number of rotatable bonds is 2. The lowest BCUT2D eigenvalue weighted by Crippen LogP contribution is -2.19. The third kappa shape index (κ3) is 2.11. The van der Waals surface area contributed by atoms with Crippen molar-refractivity contribution < 1.29 is 4.74 Å². The first-order valence-electron chi connectivity index (χ1n) is 6.09. The molecule has 0 radical (unpaired) electrons. The van der Waals surface area contributed by atoms with Crippen LogP contribution in [-0.2, 0) is 0 Å². The van der Waals surface area contributed by atoms with Gasteiger partial charge in [0.05, 0.1) is 0 Å². The minimum atomic E-state index is 0.225. The largest absolute Gasteiger partial charge is 0.474 e. The summed E-state index contributed by atoms with van der Waals surface area (Å²) >= 11 is 0. The van der Waals surface area contributed by atoms with Crippen LogP contribution in [-0.4, -0.2) is 17.1 Å². The van der Waals surface area contributed by atoms with Gasteiger partial charge in [-0.05, 0) is 36.8 Å². The molecule has 0 amide bonds. The predicted octanol–water partition coefficient (Wildman–Crippen LogP) is 2.49. The zero-order valence-electron chi connectivity index (χ0n) is 9.67. The Hall–Kier alpha value is -1.61. The van der Waals surface area contributed by atoms with Gasteiger partial charge in [0, 0.05) is 17.6 Å². The lowest BCUT2D eigenvalue weighted by atomic mass is 10.2. The van der Waals surface area contributed by atoms with E-state index >= 15 is 0 Å². The molecule has 2 unspecified atom stereocenters. The second-order valence-corrected chi connectivity index (χ2v) is 4.65. The summed E-state index contributed by atoms with van der Waals surface area (Å²) in [6.45, 7) is 0. The number of nitrogens with two attached hydrogens (primary N) is 1. The standard InChI is InChI=1S/C14H16N2O/c15-11-5-6-12(9-11)17-14-13-4-2-1-3-10(13)7-8-16-14/h1-4,7-8,11-12H,5-6,9,15H2. The Bertz CT molecular complexity index is 521. The first-order valence-corrected chi connectivity index (χ1v) is 6.09. The van der Waals surface area contributed by atoms with E-state index in [2.05, 4.69) is 11.1 Å². The van der Waals surface area contributed by atoms with Gasteiger partial charge in [0.15, 0.2) is 0 Å². The highest BCUT2D eigenvalue weighted by Crippen LogP contribution is 2.27. The predicted molar refractivity (Wildman–Crippen MR) is 68.0 cm³/mol. The summed E-state index contributed by atoms with van der Waals surface area (Å²) in [6.07, 6.45) is 5.04. The number of aromatic nitrogens is 1. The van der Waals surface area contributed by atoms with Crippen LogP contribution in [0.25, 0.3) is 10.8 Å². The molecule has 2 aromatic rings. The molecule has 0 aliphatic heterocycles. The third-order valence-electron chi connectivity index (χ3n) is 3.34. The van der Waals surface area contributed by atoms with Crippen LogP contribution >= 0.6 is 0 Å². The van der Waals surface area contributed by atoms with Crippen molar-refractivity contribution in [3.8, 4) is 5.88 Å². The summed E-state index contributed by atoms with van der Waals surface area (Å²) in [6, 6.07) is 10.4. The molecule has 0 spiro atoms. The first kappa shape index (κ1) is 10.5. The number of hydrogen-bond acceptors (Lipinski definition) is 3. The van der Waals surface area contributed by atoms with Crippen LogP contribution in [0.15, 0.2) is 36.5 Å². The number of fused-ring (bicyclic) bond motifs is 1. The fraction of sp³-hybridized carbons (Fsp3) is 0.357. The van der Waals surface area contributed by atoms with Gasteiger partial charge in [-0.15, -0.1) is 0 Å². The quantitative estimate of drug-likeness (QED) is 0.859. The molecule has 1 aliphatic rings. The van der Waals surface area contributed by atoms with Crippen LogP contribution in [0, 0.1) is 0 Å². The minimum absolute atomic E-state index is 0.225. The van der Waals surface area contributed by atoms with Gasteiger partial charge in [-0.25, -0.2) is 4.98 Å². The molecule has 0 bridgehead atoms. The Morgan fingerprint density at radius 3 is 2.88 bits per heavy atom. The Kier molecular flexibility index (Phi) is 2.69. The zero-order chi connectivity index (χ0) is 11.7. The molecule has 1 heterocycles. The number of ether oxygens (including phenoxy) is 1. The molecular weight excluding hydrogens is 212 g/mol. The highest BCUT2D eigenvalue weighted by molar-refractivity contribution is 5.86. The van der Waals surface area contributed by atoms with Crippen molar-refractivity contribution in [1.29, 1.82) is 0 Å². The van der Waals surface area contributed by atoms with Crippen LogP contribution in [0.4, 0.5) is 0 Å². The normalized spacial score (nSPS) is 24.1. The molecule has 0 saturated heterocycles. The number of hydrogen-bond donors (Lipinski definition) is 1. The second-order valence-electron chi connectivity index (χ2n) is 4.65. The summed E-state index contributed by atoms with van der Waals surface area (Å²) in [5, 5.41) is 2.25. The lowest BCUT2D eigenvalue weighted by Gasteiger charge is -2.13. The number of pyridine rings is 1. The van der Waals surface area contributed by atoms with Crippen molar-refractivity contribution in [2.24, 2.45) is 5.73 Å². The van der Waals surface area contributed by atoms with E-state index < -0.39 is 0 Å². The summed E-state index contributed by atoms with van der Waals surface area (Å²) in [4.78, 5) is 4.33. The molecule has 88 valence electrons. The highest BCUT2D eigenvalue weighted by Gasteiger charge is 2.23. The Balaban J connectivity index is 1.90. The van der Waals surface area contributed by atoms with Gasteiger partial charge in [0.25, 0.3) is 0 Å². The van der Waals surface area contributed by atoms with Crippen LogP contribution < -0.4 is 10.5 Å². The van der Waals surface area contributed by atoms with Crippen LogP contribution in [0.3, 0.4) is 0 Å². The molecule has 3 rings (SSSR count). The van der Waals surface area contributed by atoms with Gasteiger partial charge in [-0.2, -0.15) is 0 Å². The average molecular weight is 228 g/mol. The molecule has 1 saturated carbocycles. The summed E-state index contributed by atoms with van der Waals surface area (Å²) < 4.78 is 5.97. The lowest BCUT2D eigenvalue weighted by molar-refractivity contribution is 0.203. The SMILES string of the molecule is NC1CCC(Oc2nccc3ccccc23)C1. The average Bonchev–Trinajstić information content (AvgIpc) is 2.75. The maximum Gasteiger partial charge on any atom is 0.221 e. The van der Waals surface area contributed by atoms with E-state index in [0.717, 1.165) is 30.5 Å². The molecule has 2 N–H and O–H groups in total. The molecule has 1 aromatic heterocycles. The summed E-state index contributed by atoms with van der Waals surface area (Å²) in [5.41, 5.74) is 5.89. The fourth-order valence-corrected chi connectivity index (χ4v) is 2.42. The Morgan fingerprint density at radius 2 is 2.06 bits per heavy atom. The van der Waals surface area contributed by atoms with Crippen LogP contribution in [0.1, 0.15) is 19.3 Å². The molecule has 2 atom stereocenters. The van der Waals surface area contributed by atoms with Gasteiger partial charge < -0.3 is 10.5 Å². The molecule has 1 aliphatic carbocycles. The van der Waals surface area contributed by atoms with Crippen molar-refractivity contribution >= 4 is 10.8 Å². The maximum absolute atomic E-state index is 5.97. The van der Waals surface area contributed by atoms with Crippen molar-refractivity contribution in [1.82, 2.24) is 4.98 Å². The Morgan fingerprint density at radius 1 is 1.18 bits per heavy atom. The molecule has 1 fully saturated rings. The smallest absolute Gasteiger partial charge is 0.221 e.